The Bertz CT molecular complexity index is 309. The zero-order valence-corrected chi connectivity index (χ0v) is 8.62. The fraction of sp³-hybridized carbons (Fsp3) is 0.625. The van der Waals surface area contributed by atoms with Crippen LogP contribution in [0.2, 0.25) is 0 Å². The number of carbonyl (C=O) groups is 3. The molecule has 0 aromatic rings. The van der Waals surface area contributed by atoms with Gasteiger partial charge in [0.1, 0.15) is 5.41 Å². The van der Waals surface area contributed by atoms with Gasteiger partial charge in [0.25, 0.3) is 5.91 Å². The van der Waals surface area contributed by atoms with Gasteiger partial charge in [0.05, 0.1) is 0 Å². The van der Waals surface area contributed by atoms with Crippen LogP contribution < -0.4 is 5.32 Å². The Morgan fingerprint density at radius 2 is 1.71 bits per heavy atom. The third kappa shape index (κ3) is 1.37. The molecular formula is C8H13N3O3. The van der Waals surface area contributed by atoms with Crippen LogP contribution in [0.3, 0.4) is 0 Å². The van der Waals surface area contributed by atoms with Crippen molar-refractivity contribution in [3.8, 4) is 0 Å². The van der Waals surface area contributed by atoms with Gasteiger partial charge >= 0.3 is 6.03 Å². The maximum atomic E-state index is 11.7. The first kappa shape index (κ1) is 10.6. The number of nitrogens with one attached hydrogen (secondary N) is 1. The van der Waals surface area contributed by atoms with E-state index in [1.165, 1.54) is 18.9 Å². The van der Waals surface area contributed by atoms with Crippen molar-refractivity contribution in [1.82, 2.24) is 15.3 Å². The van der Waals surface area contributed by atoms with Crippen LogP contribution in [-0.4, -0.2) is 42.0 Å². The predicted molar refractivity (Wildman–Crippen MR) is 47.9 cm³/mol. The summed E-state index contributed by atoms with van der Waals surface area (Å²) in [6.45, 7) is 2.96. The second-order valence-electron chi connectivity index (χ2n) is 3.85. The van der Waals surface area contributed by atoms with Crippen LogP contribution in [0.15, 0.2) is 0 Å². The van der Waals surface area contributed by atoms with Crippen molar-refractivity contribution in [3.63, 3.8) is 0 Å². The highest BCUT2D eigenvalue weighted by molar-refractivity contribution is 6.18. The Labute approximate surface area is 81.8 Å². The minimum absolute atomic E-state index is 0.517. The second-order valence-corrected chi connectivity index (χ2v) is 3.85. The average molecular weight is 199 g/mol. The van der Waals surface area contributed by atoms with Gasteiger partial charge in [-0.05, 0) is 13.8 Å². The van der Waals surface area contributed by atoms with Gasteiger partial charge < -0.3 is 0 Å². The molecule has 1 fully saturated rings. The van der Waals surface area contributed by atoms with E-state index in [-0.39, 0.29) is 0 Å². The minimum Gasteiger partial charge on any atom is -0.276 e. The molecule has 0 bridgehead atoms. The van der Waals surface area contributed by atoms with Crippen LogP contribution in [0.25, 0.3) is 0 Å². The molecule has 0 aliphatic carbocycles. The van der Waals surface area contributed by atoms with Crippen molar-refractivity contribution in [2.45, 2.75) is 13.8 Å². The molecule has 0 unspecified atom stereocenters. The number of nitrogens with zero attached hydrogens (tertiary/aromatic N) is 2. The first-order valence-electron chi connectivity index (χ1n) is 4.15. The number of hydrogen-bond donors (Lipinski definition) is 1. The van der Waals surface area contributed by atoms with Crippen molar-refractivity contribution in [1.29, 1.82) is 0 Å². The van der Waals surface area contributed by atoms with Gasteiger partial charge in [0.2, 0.25) is 5.91 Å². The summed E-state index contributed by atoms with van der Waals surface area (Å²) in [5.74, 6) is -1.08. The Balaban J connectivity index is 3.07. The van der Waals surface area contributed by atoms with Gasteiger partial charge in [-0.25, -0.2) is 9.80 Å². The van der Waals surface area contributed by atoms with Gasteiger partial charge in [0.15, 0.2) is 0 Å². The van der Waals surface area contributed by atoms with Crippen LogP contribution >= 0.6 is 0 Å². The third-order valence-electron chi connectivity index (χ3n) is 2.11. The summed E-state index contributed by atoms with van der Waals surface area (Å²) in [6.07, 6.45) is 0. The molecule has 6 nitrogen and oxygen atoms in total. The normalized spacial score (nSPS) is 21.5. The molecule has 0 aromatic heterocycles. The fourth-order valence-electron chi connectivity index (χ4n) is 1.12. The summed E-state index contributed by atoms with van der Waals surface area (Å²) >= 11 is 0. The van der Waals surface area contributed by atoms with E-state index in [1.54, 1.807) is 14.1 Å². The summed E-state index contributed by atoms with van der Waals surface area (Å²) in [5, 5.41) is 4.36. The number of hydrazine groups is 1. The molecule has 4 amide bonds. The van der Waals surface area contributed by atoms with Crippen molar-refractivity contribution < 1.29 is 14.4 Å². The lowest BCUT2D eigenvalue weighted by molar-refractivity contribution is -0.157. The lowest BCUT2D eigenvalue weighted by Gasteiger charge is -2.37. The van der Waals surface area contributed by atoms with Crippen molar-refractivity contribution >= 4 is 17.8 Å². The lowest BCUT2D eigenvalue weighted by atomic mass is 9.89. The predicted octanol–water partition coefficient (Wildman–Crippen LogP) is -0.432. The van der Waals surface area contributed by atoms with Crippen molar-refractivity contribution in [2.75, 3.05) is 14.1 Å². The number of hydrogen-bond acceptors (Lipinski definition) is 4. The molecule has 14 heavy (non-hydrogen) atoms. The van der Waals surface area contributed by atoms with E-state index >= 15 is 0 Å². The molecule has 0 aromatic carbocycles. The first-order chi connectivity index (χ1) is 6.28. The maximum Gasteiger partial charge on any atom is 0.345 e. The van der Waals surface area contributed by atoms with Gasteiger partial charge in [-0.2, -0.15) is 5.01 Å². The number of amides is 4. The molecule has 1 heterocycles. The molecule has 6 heteroatoms. The van der Waals surface area contributed by atoms with Gasteiger partial charge in [0, 0.05) is 14.1 Å². The Hall–Kier alpha value is -1.43. The van der Waals surface area contributed by atoms with Crippen LogP contribution in [0.4, 0.5) is 4.79 Å². The highest BCUT2D eigenvalue weighted by atomic mass is 16.2. The average Bonchev–Trinajstić information content (AvgIpc) is 2.00. The number of rotatable bonds is 1. The molecule has 0 atom stereocenters. The van der Waals surface area contributed by atoms with Crippen molar-refractivity contribution in [2.24, 2.45) is 5.41 Å². The van der Waals surface area contributed by atoms with E-state index in [4.69, 9.17) is 0 Å². The molecule has 78 valence electrons. The van der Waals surface area contributed by atoms with Crippen LogP contribution in [-0.2, 0) is 9.59 Å². The van der Waals surface area contributed by atoms with E-state index in [0.717, 1.165) is 5.01 Å². The highest BCUT2D eigenvalue weighted by Crippen LogP contribution is 2.23. The van der Waals surface area contributed by atoms with Gasteiger partial charge in [-0.15, -0.1) is 0 Å². The molecule has 0 spiro atoms. The summed E-state index contributed by atoms with van der Waals surface area (Å²) < 4.78 is 0. The fourth-order valence-corrected chi connectivity index (χ4v) is 1.12. The van der Waals surface area contributed by atoms with Crippen LogP contribution in [0.5, 0.6) is 0 Å². The summed E-state index contributed by atoms with van der Waals surface area (Å²) in [6, 6.07) is -0.704. The van der Waals surface area contributed by atoms with E-state index in [0.29, 0.717) is 0 Å². The van der Waals surface area contributed by atoms with Crippen molar-refractivity contribution in [3.05, 3.63) is 0 Å². The number of barbiturate groups is 1. The Morgan fingerprint density at radius 3 is 2.14 bits per heavy atom. The van der Waals surface area contributed by atoms with Gasteiger partial charge in [-0.3, -0.25) is 14.9 Å². The van der Waals surface area contributed by atoms with E-state index in [1.807, 2.05) is 0 Å². The molecule has 1 aliphatic heterocycles. The standard InChI is InChI=1S/C8H13N3O3/c1-8(2)5(12)9-7(14)11(6(8)13)10(3)4/h1-4H3,(H,9,12,14). The zero-order valence-electron chi connectivity index (χ0n) is 8.62. The molecule has 1 N–H and O–H groups in total. The van der Waals surface area contributed by atoms with Crippen LogP contribution in [0, 0.1) is 5.41 Å². The summed E-state index contributed by atoms with van der Waals surface area (Å²) in [7, 11) is 3.12. The summed E-state index contributed by atoms with van der Waals surface area (Å²) in [5.41, 5.74) is -1.20. The third-order valence-corrected chi connectivity index (χ3v) is 2.11. The number of imide groups is 2. The highest BCUT2D eigenvalue weighted by Gasteiger charge is 2.47. The minimum atomic E-state index is -1.20. The molecule has 0 radical (unpaired) electrons. The zero-order chi connectivity index (χ0) is 11.1. The SMILES string of the molecule is CN(C)N1C(=O)NC(=O)C(C)(C)C1=O. The smallest absolute Gasteiger partial charge is 0.276 e. The second kappa shape index (κ2) is 3.06. The van der Waals surface area contributed by atoms with E-state index < -0.39 is 23.3 Å². The largest absolute Gasteiger partial charge is 0.345 e. The summed E-state index contributed by atoms with van der Waals surface area (Å²) in [4.78, 5) is 34.3. The molecule has 1 aliphatic rings. The number of urea groups is 1. The quantitative estimate of drug-likeness (QED) is 0.582. The van der Waals surface area contributed by atoms with E-state index in [2.05, 4.69) is 5.32 Å². The monoisotopic (exact) mass is 199 g/mol. The topological polar surface area (TPSA) is 69.7 Å². The van der Waals surface area contributed by atoms with Crippen LogP contribution in [0.1, 0.15) is 13.8 Å². The molecular weight excluding hydrogens is 186 g/mol. The Morgan fingerprint density at radius 1 is 1.21 bits per heavy atom. The van der Waals surface area contributed by atoms with E-state index in [9.17, 15) is 14.4 Å². The Kier molecular flexibility index (Phi) is 2.32. The molecule has 0 saturated carbocycles. The number of carbonyl (C=O) groups excluding carboxylic acids is 3. The maximum absolute atomic E-state index is 11.7. The molecule has 1 saturated heterocycles. The molecule has 1 rings (SSSR count). The lowest BCUT2D eigenvalue weighted by Crippen LogP contribution is -2.65. The first-order valence-corrected chi connectivity index (χ1v) is 4.15. The van der Waals surface area contributed by atoms with Gasteiger partial charge in [-0.1, -0.05) is 0 Å².